The molecule has 8 nitrogen and oxygen atoms in total. The van der Waals surface area contributed by atoms with Crippen LogP contribution in [0, 0.1) is 5.92 Å². The summed E-state index contributed by atoms with van der Waals surface area (Å²) >= 11 is 0. The maximum atomic E-state index is 13.8. The summed E-state index contributed by atoms with van der Waals surface area (Å²) in [4.78, 5) is 22.9. The van der Waals surface area contributed by atoms with Crippen LogP contribution in [0.4, 0.5) is 14.5 Å². The zero-order chi connectivity index (χ0) is 25.4. The molecule has 1 aromatic carbocycles. The lowest BCUT2D eigenvalue weighted by Crippen LogP contribution is -2.48. The van der Waals surface area contributed by atoms with Gasteiger partial charge in [-0.3, -0.25) is 4.79 Å². The predicted molar refractivity (Wildman–Crippen MR) is 133 cm³/mol. The molecule has 0 N–H and O–H groups in total. The number of fused-ring (bicyclic) bond motifs is 1. The Bertz CT molecular complexity index is 1380. The van der Waals surface area contributed by atoms with Crippen molar-refractivity contribution in [2.24, 2.45) is 5.92 Å². The lowest BCUT2D eigenvalue weighted by Gasteiger charge is -2.42. The number of hydrogen-bond donors (Lipinski definition) is 0. The van der Waals surface area contributed by atoms with E-state index in [1.54, 1.807) is 18.3 Å². The van der Waals surface area contributed by atoms with Gasteiger partial charge in [0.05, 0.1) is 12.2 Å². The van der Waals surface area contributed by atoms with Gasteiger partial charge >= 0.3 is 6.43 Å². The van der Waals surface area contributed by atoms with Crippen molar-refractivity contribution in [1.82, 2.24) is 24.5 Å². The number of rotatable bonds is 7. The highest BCUT2D eigenvalue weighted by Crippen LogP contribution is 2.31. The smallest absolute Gasteiger partial charge is 0.314 e. The number of amides is 1. The summed E-state index contributed by atoms with van der Waals surface area (Å²) in [6, 6.07) is 13.8. The van der Waals surface area contributed by atoms with E-state index < -0.39 is 12.3 Å². The Morgan fingerprint density at radius 1 is 1.08 bits per heavy atom. The second-order valence-corrected chi connectivity index (χ2v) is 9.81. The number of pyridine rings is 1. The number of carbonyl (C=O) groups is 1. The molecule has 0 spiro atoms. The van der Waals surface area contributed by atoms with Gasteiger partial charge in [0.2, 0.25) is 11.8 Å². The molecule has 3 aromatic heterocycles. The topological polar surface area (TPSA) is 79.8 Å². The van der Waals surface area contributed by atoms with Crippen LogP contribution in [0.5, 0.6) is 0 Å². The van der Waals surface area contributed by atoms with Gasteiger partial charge in [-0.1, -0.05) is 24.6 Å². The molecule has 1 aliphatic carbocycles. The average molecular weight is 507 g/mol. The van der Waals surface area contributed by atoms with Crippen molar-refractivity contribution in [3.8, 4) is 11.5 Å². The van der Waals surface area contributed by atoms with E-state index in [2.05, 4.69) is 15.1 Å². The SMILES string of the molecule is O=C(C1CCN(C2CCC2)CC1)N(Cc1cn2ccc(-c3nnc(C(F)F)o3)cc2n1)c1ccccc1. The fraction of sp³-hybridized carbons (Fsp3) is 0.407. The molecule has 4 aromatic rings. The van der Waals surface area contributed by atoms with Gasteiger partial charge in [0.1, 0.15) is 5.65 Å². The van der Waals surface area contributed by atoms with Gasteiger partial charge in [-0.15, -0.1) is 10.2 Å². The molecular weight excluding hydrogens is 478 g/mol. The fourth-order valence-corrected chi connectivity index (χ4v) is 5.23. The minimum atomic E-state index is -2.82. The second-order valence-electron chi connectivity index (χ2n) is 9.81. The van der Waals surface area contributed by atoms with Crippen molar-refractivity contribution >= 4 is 17.2 Å². The third kappa shape index (κ3) is 4.85. The van der Waals surface area contributed by atoms with E-state index in [0.717, 1.165) is 37.3 Å². The number of piperidine rings is 1. The molecule has 2 fully saturated rings. The summed E-state index contributed by atoms with van der Waals surface area (Å²) in [5, 5.41) is 7.11. The zero-order valence-corrected chi connectivity index (χ0v) is 20.3. The van der Waals surface area contributed by atoms with Crippen molar-refractivity contribution in [3.05, 3.63) is 66.4 Å². The summed E-state index contributed by atoms with van der Waals surface area (Å²) in [5.41, 5.74) is 2.66. The first-order valence-electron chi connectivity index (χ1n) is 12.7. The van der Waals surface area contributed by atoms with Crippen molar-refractivity contribution in [2.45, 2.75) is 51.1 Å². The lowest BCUT2D eigenvalue weighted by atomic mass is 9.87. The van der Waals surface area contributed by atoms with Crippen molar-refractivity contribution < 1.29 is 18.0 Å². The number of para-hydroxylation sites is 1. The molecule has 6 rings (SSSR count). The molecule has 2 aliphatic rings. The Balaban J connectivity index is 1.22. The van der Waals surface area contributed by atoms with Gasteiger partial charge in [0.25, 0.3) is 5.89 Å². The molecule has 10 heteroatoms. The Hall–Kier alpha value is -3.66. The molecule has 1 saturated carbocycles. The van der Waals surface area contributed by atoms with Crippen LogP contribution in [0.25, 0.3) is 17.1 Å². The highest BCUT2D eigenvalue weighted by Gasteiger charge is 2.33. The normalized spacial score (nSPS) is 17.4. The number of benzene rings is 1. The minimum absolute atomic E-state index is 0.0108. The third-order valence-corrected chi connectivity index (χ3v) is 7.51. The van der Waals surface area contributed by atoms with Crippen molar-refractivity contribution in [1.29, 1.82) is 0 Å². The fourth-order valence-electron chi connectivity index (χ4n) is 5.23. The summed E-state index contributed by atoms with van der Waals surface area (Å²) < 4.78 is 32.6. The number of carbonyl (C=O) groups excluding carboxylic acids is 1. The molecule has 192 valence electrons. The zero-order valence-electron chi connectivity index (χ0n) is 20.3. The molecule has 0 unspecified atom stereocenters. The molecule has 4 heterocycles. The number of nitrogens with zero attached hydrogens (tertiary/aromatic N) is 6. The number of aromatic nitrogens is 4. The second kappa shape index (κ2) is 10.0. The van der Waals surface area contributed by atoms with E-state index >= 15 is 0 Å². The van der Waals surface area contributed by atoms with Gasteiger partial charge < -0.3 is 18.6 Å². The van der Waals surface area contributed by atoms with E-state index in [9.17, 15) is 13.6 Å². The highest BCUT2D eigenvalue weighted by atomic mass is 19.3. The van der Waals surface area contributed by atoms with Gasteiger partial charge in [-0.05, 0) is 63.0 Å². The van der Waals surface area contributed by atoms with Crippen LogP contribution in [-0.4, -0.2) is 49.5 Å². The molecule has 0 radical (unpaired) electrons. The summed E-state index contributed by atoms with van der Waals surface area (Å²) in [6.45, 7) is 2.28. The van der Waals surface area contributed by atoms with Gasteiger partial charge in [-0.2, -0.15) is 8.78 Å². The number of alkyl halides is 2. The first-order valence-corrected chi connectivity index (χ1v) is 12.7. The van der Waals surface area contributed by atoms with Gasteiger partial charge in [-0.25, -0.2) is 4.98 Å². The Morgan fingerprint density at radius 3 is 2.54 bits per heavy atom. The van der Waals surface area contributed by atoms with E-state index in [-0.39, 0.29) is 17.7 Å². The molecule has 1 aliphatic heterocycles. The van der Waals surface area contributed by atoms with Crippen LogP contribution >= 0.6 is 0 Å². The van der Waals surface area contributed by atoms with Gasteiger partial charge in [0, 0.05) is 35.6 Å². The van der Waals surface area contributed by atoms with Crippen LogP contribution in [-0.2, 0) is 11.3 Å². The van der Waals surface area contributed by atoms with Crippen LogP contribution in [0.1, 0.15) is 50.1 Å². The van der Waals surface area contributed by atoms with Crippen LogP contribution < -0.4 is 4.90 Å². The Labute approximate surface area is 212 Å². The quantitative estimate of drug-likeness (QED) is 0.346. The van der Waals surface area contributed by atoms with E-state index in [0.29, 0.717) is 23.8 Å². The van der Waals surface area contributed by atoms with E-state index in [1.807, 2.05) is 45.8 Å². The summed E-state index contributed by atoms with van der Waals surface area (Å²) in [7, 11) is 0. The molecule has 1 saturated heterocycles. The van der Waals surface area contributed by atoms with Crippen molar-refractivity contribution in [2.75, 3.05) is 18.0 Å². The monoisotopic (exact) mass is 506 g/mol. The first kappa shape index (κ1) is 23.7. The molecular formula is C27H28F2N6O2. The van der Waals surface area contributed by atoms with Crippen LogP contribution in [0.2, 0.25) is 0 Å². The van der Waals surface area contributed by atoms with Crippen molar-refractivity contribution in [3.63, 3.8) is 0 Å². The van der Waals surface area contributed by atoms with E-state index in [1.165, 1.54) is 19.3 Å². The van der Waals surface area contributed by atoms with Crippen LogP contribution in [0.15, 0.2) is 59.3 Å². The standard InChI is InChI=1S/C27H28F2N6O2/c28-24(29)26-32-31-25(37-26)19-11-14-34-16-20(30-23(34)15-19)17-35(22-5-2-1-3-6-22)27(36)18-9-12-33(13-10-18)21-7-4-8-21/h1-3,5-6,11,14-16,18,21,24H,4,7-10,12-13,17H2. The molecule has 37 heavy (non-hydrogen) atoms. The minimum Gasteiger partial charge on any atom is -0.415 e. The predicted octanol–water partition coefficient (Wildman–Crippen LogP) is 5.12. The Kier molecular flexibility index (Phi) is 6.42. The maximum Gasteiger partial charge on any atom is 0.314 e. The third-order valence-electron chi connectivity index (χ3n) is 7.51. The summed E-state index contributed by atoms with van der Waals surface area (Å²) in [6.07, 6.45) is 6.44. The largest absolute Gasteiger partial charge is 0.415 e. The number of hydrogen-bond acceptors (Lipinski definition) is 6. The van der Waals surface area contributed by atoms with Gasteiger partial charge in [0.15, 0.2) is 0 Å². The lowest BCUT2D eigenvalue weighted by molar-refractivity contribution is -0.124. The summed E-state index contributed by atoms with van der Waals surface area (Å²) in [5.74, 6) is -0.588. The molecule has 1 amide bonds. The number of likely N-dealkylation sites (tertiary alicyclic amines) is 1. The molecule has 0 bridgehead atoms. The highest BCUT2D eigenvalue weighted by molar-refractivity contribution is 5.95. The Morgan fingerprint density at radius 2 is 1.86 bits per heavy atom. The number of anilines is 1. The number of imidazole rings is 1. The van der Waals surface area contributed by atoms with Crippen LogP contribution in [0.3, 0.4) is 0 Å². The molecule has 0 atom stereocenters. The number of halogens is 2. The first-order chi connectivity index (χ1) is 18.0. The average Bonchev–Trinajstić information content (AvgIpc) is 3.54. The van der Waals surface area contributed by atoms with E-state index in [4.69, 9.17) is 9.40 Å². The maximum absolute atomic E-state index is 13.8.